The van der Waals surface area contributed by atoms with E-state index in [9.17, 15) is 18.4 Å². The van der Waals surface area contributed by atoms with Gasteiger partial charge in [-0.25, -0.2) is 13.8 Å². The van der Waals surface area contributed by atoms with Crippen LogP contribution in [0.4, 0.5) is 8.78 Å². The average Bonchev–Trinajstić information content (AvgIpc) is 2.47. The molecule has 0 atom stereocenters. The molecule has 0 radical (unpaired) electrons. The summed E-state index contributed by atoms with van der Waals surface area (Å²) in [5.74, 6) is -2.15. The molecular formula is C15H14F2N2O2S. The van der Waals surface area contributed by atoms with Gasteiger partial charge in [-0.15, -0.1) is 0 Å². The first kappa shape index (κ1) is 16.4. The van der Waals surface area contributed by atoms with Crippen LogP contribution in [-0.2, 0) is 6.42 Å². The second-order valence-electron chi connectivity index (χ2n) is 4.63. The third-order valence-corrected chi connectivity index (χ3v) is 3.72. The molecule has 0 spiro atoms. The molecule has 4 nitrogen and oxygen atoms in total. The van der Waals surface area contributed by atoms with E-state index in [-0.39, 0.29) is 16.9 Å². The summed E-state index contributed by atoms with van der Waals surface area (Å²) in [6.07, 6.45) is 1.50. The zero-order valence-corrected chi connectivity index (χ0v) is 12.7. The molecule has 2 rings (SSSR count). The normalized spacial score (nSPS) is 10.7. The summed E-state index contributed by atoms with van der Waals surface area (Å²) in [6, 6.07) is 4.13. The van der Waals surface area contributed by atoms with Crippen LogP contribution >= 0.6 is 11.8 Å². The fourth-order valence-corrected chi connectivity index (χ4v) is 2.64. The third-order valence-electron chi connectivity index (χ3n) is 2.85. The van der Waals surface area contributed by atoms with E-state index in [2.05, 4.69) is 9.97 Å². The number of aryl methyl sites for hydroxylation is 1. The van der Waals surface area contributed by atoms with Crippen molar-refractivity contribution >= 4 is 17.5 Å². The number of carbonyl (C=O) groups excluding carboxylic acids is 1. The van der Waals surface area contributed by atoms with Crippen molar-refractivity contribution in [2.45, 2.75) is 24.9 Å². The zero-order valence-electron chi connectivity index (χ0n) is 11.9. The van der Waals surface area contributed by atoms with Gasteiger partial charge >= 0.3 is 0 Å². The highest BCUT2D eigenvalue weighted by Crippen LogP contribution is 2.17. The minimum Gasteiger partial charge on any atom is -0.301 e. The predicted octanol–water partition coefficient (Wildman–Crippen LogP) is 2.98. The van der Waals surface area contributed by atoms with Gasteiger partial charge in [-0.3, -0.25) is 9.59 Å². The molecule has 1 heterocycles. The van der Waals surface area contributed by atoms with Crippen LogP contribution in [0.25, 0.3) is 0 Å². The standard InChI is InChI=1S/C15H14F2N2O2S/c1-2-3-10-7-14(21)19-15(18-10)22-8-13(20)11-6-9(16)4-5-12(11)17/h4-7H,2-3,8H2,1H3,(H,18,19,21). The third kappa shape index (κ3) is 4.24. The minimum absolute atomic E-state index is 0.140. The quantitative estimate of drug-likeness (QED) is 0.504. The van der Waals surface area contributed by atoms with Gasteiger partial charge in [0.25, 0.3) is 5.56 Å². The molecule has 0 unspecified atom stereocenters. The fourth-order valence-electron chi connectivity index (χ4n) is 1.86. The Kier molecular flexibility index (Phi) is 5.43. The lowest BCUT2D eigenvalue weighted by Gasteiger charge is -2.04. The molecule has 22 heavy (non-hydrogen) atoms. The first-order valence-corrected chi connectivity index (χ1v) is 7.69. The van der Waals surface area contributed by atoms with Gasteiger partial charge in [0.15, 0.2) is 10.9 Å². The largest absolute Gasteiger partial charge is 0.301 e. The summed E-state index contributed by atoms with van der Waals surface area (Å²) in [7, 11) is 0. The van der Waals surface area contributed by atoms with Crippen molar-refractivity contribution in [1.29, 1.82) is 0 Å². The van der Waals surface area contributed by atoms with Crippen molar-refractivity contribution in [2.24, 2.45) is 0 Å². The second-order valence-corrected chi connectivity index (χ2v) is 5.59. The Hall–Kier alpha value is -2.02. The summed E-state index contributed by atoms with van der Waals surface area (Å²) in [4.78, 5) is 30.2. The smallest absolute Gasteiger partial charge is 0.251 e. The number of thioether (sulfide) groups is 1. The molecule has 0 saturated carbocycles. The minimum atomic E-state index is -0.770. The number of ketones is 1. The van der Waals surface area contributed by atoms with Gasteiger partial charge in [-0.05, 0) is 24.6 Å². The van der Waals surface area contributed by atoms with E-state index in [4.69, 9.17) is 0 Å². The molecule has 0 fully saturated rings. The molecule has 116 valence electrons. The van der Waals surface area contributed by atoms with Gasteiger partial charge in [-0.2, -0.15) is 0 Å². The van der Waals surface area contributed by atoms with Crippen LogP contribution in [0.15, 0.2) is 34.2 Å². The highest BCUT2D eigenvalue weighted by atomic mass is 32.2. The van der Waals surface area contributed by atoms with Crippen molar-refractivity contribution in [3.63, 3.8) is 0 Å². The van der Waals surface area contributed by atoms with Crippen molar-refractivity contribution in [2.75, 3.05) is 5.75 Å². The first-order chi connectivity index (χ1) is 10.5. The van der Waals surface area contributed by atoms with Crippen LogP contribution in [0.2, 0.25) is 0 Å². The Labute approximate surface area is 130 Å². The number of benzene rings is 1. The Morgan fingerprint density at radius 3 is 2.82 bits per heavy atom. The predicted molar refractivity (Wildman–Crippen MR) is 80.3 cm³/mol. The lowest BCUT2D eigenvalue weighted by Crippen LogP contribution is -2.12. The van der Waals surface area contributed by atoms with Gasteiger partial charge in [0.1, 0.15) is 11.6 Å². The Bertz CT molecular complexity index is 747. The summed E-state index contributed by atoms with van der Waals surface area (Å²) in [5, 5.41) is 0.293. The molecule has 2 aromatic rings. The number of halogens is 2. The summed E-state index contributed by atoms with van der Waals surface area (Å²) in [6.45, 7) is 1.96. The number of rotatable bonds is 6. The van der Waals surface area contributed by atoms with Crippen LogP contribution in [0.5, 0.6) is 0 Å². The molecule has 0 bridgehead atoms. The van der Waals surface area contributed by atoms with Gasteiger partial charge in [0, 0.05) is 11.8 Å². The van der Waals surface area contributed by atoms with E-state index in [1.54, 1.807) is 0 Å². The van der Waals surface area contributed by atoms with E-state index < -0.39 is 17.4 Å². The number of hydrogen-bond acceptors (Lipinski definition) is 4. The lowest BCUT2D eigenvalue weighted by molar-refractivity contribution is 0.101. The maximum atomic E-state index is 13.5. The van der Waals surface area contributed by atoms with Crippen molar-refractivity contribution in [1.82, 2.24) is 9.97 Å². The number of hydrogen-bond donors (Lipinski definition) is 1. The Morgan fingerprint density at radius 2 is 2.09 bits per heavy atom. The van der Waals surface area contributed by atoms with Crippen molar-refractivity contribution in [3.05, 3.63) is 57.5 Å². The zero-order chi connectivity index (χ0) is 16.1. The van der Waals surface area contributed by atoms with Crippen LogP contribution < -0.4 is 5.56 Å². The Morgan fingerprint density at radius 1 is 1.32 bits per heavy atom. The van der Waals surface area contributed by atoms with Gasteiger partial charge in [-0.1, -0.05) is 25.1 Å². The SMILES string of the molecule is CCCc1cc(=O)[nH]c(SCC(=O)c2cc(F)ccc2F)n1. The van der Waals surface area contributed by atoms with E-state index >= 15 is 0 Å². The molecule has 0 amide bonds. The molecule has 7 heteroatoms. The number of carbonyl (C=O) groups is 1. The molecule has 0 aliphatic rings. The number of aromatic nitrogens is 2. The number of aromatic amines is 1. The highest BCUT2D eigenvalue weighted by molar-refractivity contribution is 7.99. The molecule has 1 aromatic heterocycles. The van der Waals surface area contributed by atoms with E-state index in [0.29, 0.717) is 17.3 Å². The van der Waals surface area contributed by atoms with Crippen LogP contribution in [0.1, 0.15) is 29.4 Å². The molecule has 1 N–H and O–H groups in total. The van der Waals surface area contributed by atoms with E-state index in [1.165, 1.54) is 6.07 Å². The van der Waals surface area contributed by atoms with Gasteiger partial charge in [0.2, 0.25) is 0 Å². The summed E-state index contributed by atoms with van der Waals surface area (Å²) in [5.41, 5.74) is 0.0306. The average molecular weight is 324 g/mol. The van der Waals surface area contributed by atoms with Crippen LogP contribution in [0.3, 0.4) is 0 Å². The Balaban J connectivity index is 2.11. The van der Waals surface area contributed by atoms with Crippen molar-refractivity contribution in [3.8, 4) is 0 Å². The molecular weight excluding hydrogens is 310 g/mol. The maximum Gasteiger partial charge on any atom is 0.251 e. The molecule has 0 aliphatic heterocycles. The molecule has 0 aliphatic carbocycles. The van der Waals surface area contributed by atoms with Gasteiger partial charge in [0.05, 0.1) is 11.3 Å². The first-order valence-electron chi connectivity index (χ1n) is 6.71. The van der Waals surface area contributed by atoms with Gasteiger partial charge < -0.3 is 4.98 Å². The molecule has 1 aromatic carbocycles. The van der Waals surface area contributed by atoms with Crippen LogP contribution in [0, 0.1) is 11.6 Å². The lowest BCUT2D eigenvalue weighted by atomic mass is 10.1. The van der Waals surface area contributed by atoms with E-state index in [1.807, 2.05) is 6.92 Å². The van der Waals surface area contributed by atoms with Crippen LogP contribution in [-0.4, -0.2) is 21.5 Å². The highest BCUT2D eigenvalue weighted by Gasteiger charge is 2.14. The van der Waals surface area contributed by atoms with E-state index in [0.717, 1.165) is 36.4 Å². The number of nitrogens with zero attached hydrogens (tertiary/aromatic N) is 1. The monoisotopic (exact) mass is 324 g/mol. The topological polar surface area (TPSA) is 62.8 Å². The summed E-state index contributed by atoms with van der Waals surface area (Å²) < 4.78 is 26.6. The van der Waals surface area contributed by atoms with Crippen molar-refractivity contribution < 1.29 is 13.6 Å². The fraction of sp³-hybridized carbons (Fsp3) is 0.267. The summed E-state index contributed by atoms with van der Waals surface area (Å²) >= 11 is 0.987. The second kappa shape index (κ2) is 7.31. The number of H-pyrrole nitrogens is 1. The number of Topliss-reactive ketones (excluding diaryl/α,β-unsaturated/α-hetero) is 1. The number of nitrogens with one attached hydrogen (secondary N) is 1. The maximum absolute atomic E-state index is 13.5. The molecule has 0 saturated heterocycles.